The number of hydrogen-bond donors (Lipinski definition) is 3. The Morgan fingerprint density at radius 2 is 1.67 bits per heavy atom. The zero-order valence-corrected chi connectivity index (χ0v) is 14.3. The van der Waals surface area contributed by atoms with E-state index in [0.29, 0.717) is 10.8 Å². The first-order valence-electron chi connectivity index (χ1n) is 7.82. The highest BCUT2D eigenvalue weighted by atomic mass is 32.1. The molecule has 0 aromatic heterocycles. The van der Waals surface area contributed by atoms with E-state index >= 15 is 0 Å². The van der Waals surface area contributed by atoms with Crippen molar-refractivity contribution in [3.63, 3.8) is 0 Å². The summed E-state index contributed by atoms with van der Waals surface area (Å²) in [6, 6.07) is 14.4. The molecule has 0 heterocycles. The number of nitrogens with one attached hydrogen (secondary N) is 3. The first-order chi connectivity index (χ1) is 11.6. The van der Waals surface area contributed by atoms with Crippen LogP contribution in [0.2, 0.25) is 0 Å². The number of aromatic carboxylic acids is 1. The summed E-state index contributed by atoms with van der Waals surface area (Å²) in [4.78, 5) is 10.7. The van der Waals surface area contributed by atoms with Crippen LogP contribution in [-0.2, 0) is 6.42 Å². The molecule has 0 unspecified atom stereocenters. The van der Waals surface area contributed by atoms with Crippen molar-refractivity contribution in [3.8, 4) is 0 Å². The number of rotatable bonds is 7. The van der Waals surface area contributed by atoms with Gasteiger partial charge in [-0.2, -0.15) is 0 Å². The molecule has 2 aromatic rings. The van der Waals surface area contributed by atoms with E-state index in [1.807, 2.05) is 12.1 Å². The van der Waals surface area contributed by atoms with Crippen molar-refractivity contribution >= 4 is 34.7 Å². The van der Waals surface area contributed by atoms with E-state index in [2.05, 4.69) is 35.2 Å². The number of hydrogen-bond acceptors (Lipinski definition) is 4. The van der Waals surface area contributed by atoms with Crippen LogP contribution >= 0.6 is 12.2 Å². The molecule has 0 spiro atoms. The number of anilines is 2. The summed E-state index contributed by atoms with van der Waals surface area (Å²) < 4.78 is 0. The number of thiocarbonyl (C=S) groups is 1. The van der Waals surface area contributed by atoms with Gasteiger partial charge in [-0.3, -0.25) is 10.9 Å². The van der Waals surface area contributed by atoms with Gasteiger partial charge in [-0.25, -0.2) is 0 Å². The van der Waals surface area contributed by atoms with Crippen LogP contribution in [0.15, 0.2) is 48.5 Å². The largest absolute Gasteiger partial charge is 0.545 e. The molecule has 2 rings (SSSR count). The molecule has 6 heteroatoms. The summed E-state index contributed by atoms with van der Waals surface area (Å²) in [7, 11) is 0. The number of carboxylic acids is 1. The molecule has 0 aliphatic carbocycles. The number of carbonyl (C=O) groups excluding carboxylic acids is 1. The monoisotopic (exact) mass is 342 g/mol. The average Bonchev–Trinajstić information content (AvgIpc) is 2.59. The van der Waals surface area contributed by atoms with Crippen molar-refractivity contribution in [2.45, 2.75) is 26.2 Å². The predicted octanol–water partition coefficient (Wildman–Crippen LogP) is 2.71. The van der Waals surface area contributed by atoms with Gasteiger partial charge >= 0.3 is 0 Å². The second kappa shape index (κ2) is 8.88. The van der Waals surface area contributed by atoms with Crippen molar-refractivity contribution in [2.24, 2.45) is 0 Å². The number of benzene rings is 2. The molecule has 0 fully saturated rings. The number of unbranched alkanes of at least 4 members (excludes halogenated alkanes) is 1. The smallest absolute Gasteiger partial charge is 0.189 e. The third kappa shape index (κ3) is 5.55. The Kier molecular flexibility index (Phi) is 6.57. The molecule has 0 aliphatic heterocycles. The van der Waals surface area contributed by atoms with Crippen LogP contribution in [0.25, 0.3) is 0 Å². The van der Waals surface area contributed by atoms with Crippen molar-refractivity contribution in [2.75, 3.05) is 10.7 Å². The van der Waals surface area contributed by atoms with E-state index in [4.69, 9.17) is 12.2 Å². The molecule has 126 valence electrons. The first-order valence-corrected chi connectivity index (χ1v) is 8.22. The normalized spacial score (nSPS) is 10.0. The minimum atomic E-state index is -1.20. The van der Waals surface area contributed by atoms with E-state index in [1.54, 1.807) is 12.1 Å². The summed E-state index contributed by atoms with van der Waals surface area (Å²) in [5, 5.41) is 14.2. The Morgan fingerprint density at radius 3 is 2.25 bits per heavy atom. The quantitative estimate of drug-likeness (QED) is 0.531. The second-order valence-corrected chi connectivity index (χ2v) is 5.78. The van der Waals surface area contributed by atoms with Gasteiger partial charge in [-0.15, -0.1) is 0 Å². The molecular formula is C18H20N3O2S-. The predicted molar refractivity (Wildman–Crippen MR) is 98.8 cm³/mol. The van der Waals surface area contributed by atoms with Gasteiger partial charge < -0.3 is 15.2 Å². The highest BCUT2D eigenvalue weighted by Crippen LogP contribution is 2.12. The fourth-order valence-electron chi connectivity index (χ4n) is 2.12. The van der Waals surface area contributed by atoms with Crippen LogP contribution in [0, 0.1) is 0 Å². The van der Waals surface area contributed by atoms with Crippen LogP contribution < -0.4 is 21.3 Å². The summed E-state index contributed by atoms with van der Waals surface area (Å²) in [5.41, 5.74) is 8.79. The lowest BCUT2D eigenvalue weighted by Crippen LogP contribution is -2.33. The SMILES string of the molecule is CCCCc1ccc(NC(=S)NNc2ccc(C(=O)[O-])cc2)cc1. The van der Waals surface area contributed by atoms with Crippen molar-refractivity contribution in [1.29, 1.82) is 0 Å². The van der Waals surface area contributed by atoms with Gasteiger partial charge in [0.25, 0.3) is 0 Å². The molecule has 0 bridgehead atoms. The van der Waals surface area contributed by atoms with Crippen LogP contribution in [0.3, 0.4) is 0 Å². The third-order valence-corrected chi connectivity index (χ3v) is 3.68. The van der Waals surface area contributed by atoms with E-state index in [1.165, 1.54) is 30.5 Å². The van der Waals surface area contributed by atoms with Crippen molar-refractivity contribution in [3.05, 3.63) is 59.7 Å². The standard InChI is InChI=1S/C18H21N3O2S/c1-2-3-4-13-5-9-15(10-6-13)19-18(24)21-20-16-11-7-14(8-12-16)17(22)23/h5-12,20H,2-4H2,1H3,(H,22,23)(H2,19,21,24)/p-1. The van der Waals surface area contributed by atoms with Gasteiger partial charge in [0.05, 0.1) is 11.7 Å². The highest BCUT2D eigenvalue weighted by molar-refractivity contribution is 7.80. The Labute approximate surface area is 147 Å². The molecule has 24 heavy (non-hydrogen) atoms. The first kappa shape index (κ1) is 17.7. The van der Waals surface area contributed by atoms with Gasteiger partial charge in [0.2, 0.25) is 0 Å². The second-order valence-electron chi connectivity index (χ2n) is 5.37. The van der Waals surface area contributed by atoms with Gasteiger partial charge in [0.15, 0.2) is 5.11 Å². The lowest BCUT2D eigenvalue weighted by Gasteiger charge is -2.13. The summed E-state index contributed by atoms with van der Waals surface area (Å²) >= 11 is 5.22. The lowest BCUT2D eigenvalue weighted by atomic mass is 10.1. The number of hydrazine groups is 1. The molecule has 0 saturated heterocycles. The van der Waals surface area contributed by atoms with E-state index in [0.717, 1.165) is 12.1 Å². The molecule has 0 radical (unpaired) electrons. The molecule has 2 aromatic carbocycles. The molecule has 5 nitrogen and oxygen atoms in total. The van der Waals surface area contributed by atoms with E-state index in [-0.39, 0.29) is 5.56 Å². The maximum Gasteiger partial charge on any atom is 0.189 e. The Morgan fingerprint density at radius 1 is 1.04 bits per heavy atom. The fraction of sp³-hybridized carbons (Fsp3) is 0.222. The third-order valence-electron chi connectivity index (χ3n) is 3.47. The number of carboxylic acid groups (broad SMARTS) is 1. The summed E-state index contributed by atoms with van der Waals surface area (Å²) in [6.45, 7) is 2.18. The Balaban J connectivity index is 1.81. The number of carbonyl (C=O) groups is 1. The molecule has 0 amide bonds. The Bertz CT molecular complexity index is 684. The zero-order chi connectivity index (χ0) is 17.4. The zero-order valence-electron chi connectivity index (χ0n) is 13.5. The van der Waals surface area contributed by atoms with E-state index < -0.39 is 5.97 Å². The maximum absolute atomic E-state index is 10.7. The maximum atomic E-state index is 10.7. The van der Waals surface area contributed by atoms with E-state index in [9.17, 15) is 9.90 Å². The molecule has 0 aliphatic rings. The van der Waals surface area contributed by atoms with Crippen LogP contribution in [0.1, 0.15) is 35.7 Å². The molecule has 0 saturated carbocycles. The minimum Gasteiger partial charge on any atom is -0.545 e. The van der Waals surface area contributed by atoms with Gasteiger partial charge in [-0.05, 0) is 60.5 Å². The van der Waals surface area contributed by atoms with Crippen LogP contribution in [0.4, 0.5) is 11.4 Å². The van der Waals surface area contributed by atoms with Gasteiger partial charge in [-0.1, -0.05) is 37.6 Å². The highest BCUT2D eigenvalue weighted by Gasteiger charge is 1.99. The van der Waals surface area contributed by atoms with Crippen molar-refractivity contribution < 1.29 is 9.90 Å². The Hall–Kier alpha value is -2.60. The minimum absolute atomic E-state index is 0.129. The van der Waals surface area contributed by atoms with Gasteiger partial charge in [0, 0.05) is 5.69 Å². The summed E-state index contributed by atoms with van der Waals surface area (Å²) in [5.74, 6) is -1.20. The lowest BCUT2D eigenvalue weighted by molar-refractivity contribution is -0.255. The molecule has 3 N–H and O–H groups in total. The molecule has 0 atom stereocenters. The van der Waals surface area contributed by atoms with Gasteiger partial charge in [0.1, 0.15) is 0 Å². The summed E-state index contributed by atoms with van der Waals surface area (Å²) in [6.07, 6.45) is 3.46. The van der Waals surface area contributed by atoms with Crippen molar-refractivity contribution in [1.82, 2.24) is 5.43 Å². The topological polar surface area (TPSA) is 76.2 Å². The fourth-order valence-corrected chi connectivity index (χ4v) is 2.29. The molecular weight excluding hydrogens is 322 g/mol. The van der Waals surface area contributed by atoms with Crippen LogP contribution in [-0.4, -0.2) is 11.1 Å². The van der Waals surface area contributed by atoms with Crippen LogP contribution in [0.5, 0.6) is 0 Å². The number of aryl methyl sites for hydroxylation is 1. The average molecular weight is 342 g/mol.